The molecule has 0 fully saturated rings. The zero-order chi connectivity index (χ0) is 8.50. The number of hydrogen-bond donors (Lipinski definition) is 0. The fraction of sp³-hybridized carbons (Fsp3) is 1.00. The summed E-state index contributed by atoms with van der Waals surface area (Å²) in [7, 11) is -0.611. The molecule has 0 radical (unpaired) electrons. The fourth-order valence-corrected chi connectivity index (χ4v) is 0. The van der Waals surface area contributed by atoms with Crippen LogP contribution in [0.5, 0.6) is 0 Å². The van der Waals surface area contributed by atoms with Crippen LogP contribution in [0.1, 0.15) is 27.7 Å². The minimum absolute atomic E-state index is 0.611. The molecule has 0 amide bonds. The smallest absolute Gasteiger partial charge is 0.0411 e. The predicted molar refractivity (Wildman–Crippen MR) is 51.9 cm³/mol. The Morgan fingerprint density at radius 3 is 0.556 bits per heavy atom. The van der Waals surface area contributed by atoms with Crippen LogP contribution >= 0.6 is 0 Å². The lowest BCUT2D eigenvalue weighted by atomic mass is 11.0. The summed E-state index contributed by atoms with van der Waals surface area (Å²) in [6, 6.07) is 0. The molecule has 0 nitrogen and oxygen atoms in total. The van der Waals surface area contributed by atoms with Crippen molar-refractivity contribution in [2.45, 2.75) is 53.9 Å². The van der Waals surface area contributed by atoms with Crippen molar-refractivity contribution in [1.29, 1.82) is 0 Å². The Hall–Kier alpha value is 0.217. The molecule has 9 heavy (non-hydrogen) atoms. The van der Waals surface area contributed by atoms with Gasteiger partial charge in [-0.15, -0.1) is 0 Å². The third-order valence-corrected chi connectivity index (χ3v) is 0. The molecule has 0 unspecified atom stereocenters. The lowest BCUT2D eigenvalue weighted by Gasteiger charge is -2.01. The van der Waals surface area contributed by atoms with E-state index in [2.05, 4.69) is 26.2 Å². The van der Waals surface area contributed by atoms with Crippen molar-refractivity contribution in [3.05, 3.63) is 0 Å². The van der Waals surface area contributed by atoms with E-state index in [9.17, 15) is 0 Å². The summed E-state index contributed by atoms with van der Waals surface area (Å²) in [5.74, 6) is 0. The van der Waals surface area contributed by atoms with Crippen molar-refractivity contribution in [3.63, 3.8) is 0 Å². The van der Waals surface area contributed by atoms with Gasteiger partial charge in [0.1, 0.15) is 0 Å². The Bertz CT molecular complexity index is 20.0. The van der Waals surface area contributed by atoms with E-state index in [0.717, 1.165) is 0 Å². The van der Waals surface area contributed by atoms with Gasteiger partial charge >= 0.3 is 0 Å². The molecule has 0 heterocycles. The molecule has 0 aromatic rings. The number of hydrogen-bond acceptors (Lipinski definition) is 0. The first-order chi connectivity index (χ1) is 4.00. The summed E-state index contributed by atoms with van der Waals surface area (Å²) < 4.78 is 0. The molecule has 0 aliphatic rings. The zero-order valence-electron chi connectivity index (χ0n) is 8.50. The molecule has 60 valence electrons. The Morgan fingerprint density at radius 2 is 0.556 bits per heavy atom. The average Bonchev–Trinajstić information content (AvgIpc) is 1.72. The van der Waals surface area contributed by atoms with Crippen molar-refractivity contribution >= 4 is 8.07 Å². The summed E-state index contributed by atoms with van der Waals surface area (Å²) >= 11 is 0. The lowest BCUT2D eigenvalue weighted by Crippen LogP contribution is -2.10. The maximum atomic E-state index is 2.33. The van der Waals surface area contributed by atoms with Crippen LogP contribution in [0.2, 0.25) is 26.2 Å². The molecule has 0 saturated heterocycles. The molecule has 0 saturated carbocycles. The van der Waals surface area contributed by atoms with Gasteiger partial charge in [-0.2, -0.15) is 0 Å². The zero-order valence-corrected chi connectivity index (χ0v) is 9.50. The predicted octanol–water partition coefficient (Wildman–Crippen LogP) is 4.01. The average molecular weight is 148 g/mol. The van der Waals surface area contributed by atoms with E-state index in [1.54, 1.807) is 0 Å². The van der Waals surface area contributed by atoms with E-state index in [-0.39, 0.29) is 0 Å². The Morgan fingerprint density at radius 1 is 0.556 bits per heavy atom. The molecule has 0 aromatic heterocycles. The minimum atomic E-state index is -0.611. The standard InChI is InChI=1S/C4H12Si.2C2H6/c1-5(2,3)4;2*1-2/h1-4H3;2*1-2H3. The molecule has 0 aliphatic heterocycles. The van der Waals surface area contributed by atoms with E-state index < -0.39 is 8.07 Å². The number of rotatable bonds is 0. The maximum Gasteiger partial charge on any atom is 0.0411 e. The first-order valence-electron chi connectivity index (χ1n) is 4.00. The van der Waals surface area contributed by atoms with Crippen LogP contribution in [-0.4, -0.2) is 8.07 Å². The van der Waals surface area contributed by atoms with Crippen LogP contribution in [0.15, 0.2) is 0 Å². The fourth-order valence-electron chi connectivity index (χ4n) is 0. The van der Waals surface area contributed by atoms with Crippen LogP contribution in [0.4, 0.5) is 0 Å². The van der Waals surface area contributed by atoms with E-state index in [1.165, 1.54) is 0 Å². The summed E-state index contributed by atoms with van der Waals surface area (Å²) in [5, 5.41) is 0. The lowest BCUT2D eigenvalue weighted by molar-refractivity contribution is 1.50. The Labute approximate surface area is 62.7 Å². The largest absolute Gasteiger partial charge is 0.0697 e. The van der Waals surface area contributed by atoms with Crippen LogP contribution in [0.25, 0.3) is 0 Å². The van der Waals surface area contributed by atoms with E-state index in [1.807, 2.05) is 27.7 Å². The highest BCUT2D eigenvalue weighted by Gasteiger charge is 1.99. The topological polar surface area (TPSA) is 0 Å². The highest BCUT2D eigenvalue weighted by Crippen LogP contribution is 1.94. The molecule has 0 aliphatic carbocycles. The molecule has 0 N–H and O–H groups in total. The monoisotopic (exact) mass is 148 g/mol. The van der Waals surface area contributed by atoms with Crippen LogP contribution in [0, 0.1) is 0 Å². The van der Waals surface area contributed by atoms with Gasteiger partial charge < -0.3 is 0 Å². The van der Waals surface area contributed by atoms with Gasteiger partial charge in [-0.1, -0.05) is 53.9 Å². The van der Waals surface area contributed by atoms with Crippen molar-refractivity contribution in [2.75, 3.05) is 0 Å². The Balaban J connectivity index is -0.0000000771. The molecular weight excluding hydrogens is 124 g/mol. The van der Waals surface area contributed by atoms with Crippen molar-refractivity contribution in [1.82, 2.24) is 0 Å². The molecule has 0 atom stereocenters. The molecule has 1 heteroatoms. The van der Waals surface area contributed by atoms with Gasteiger partial charge in [0.15, 0.2) is 0 Å². The van der Waals surface area contributed by atoms with Crippen molar-refractivity contribution in [3.8, 4) is 0 Å². The quantitative estimate of drug-likeness (QED) is 0.455. The second-order valence-corrected chi connectivity index (χ2v) is 9.00. The first-order valence-corrected chi connectivity index (χ1v) is 8.00. The van der Waals surface area contributed by atoms with Crippen molar-refractivity contribution in [2.24, 2.45) is 0 Å². The first kappa shape index (κ1) is 16.1. The van der Waals surface area contributed by atoms with Gasteiger partial charge in [-0.25, -0.2) is 0 Å². The second kappa shape index (κ2) is 11.1. The maximum absolute atomic E-state index is 2.33. The molecule has 0 rings (SSSR count). The summed E-state index contributed by atoms with van der Waals surface area (Å²) in [6.07, 6.45) is 0. The van der Waals surface area contributed by atoms with Gasteiger partial charge in [0.2, 0.25) is 0 Å². The van der Waals surface area contributed by atoms with Gasteiger partial charge in [-0.3, -0.25) is 0 Å². The highest BCUT2D eigenvalue weighted by molar-refractivity contribution is 6.74. The minimum Gasteiger partial charge on any atom is -0.0697 e. The SMILES string of the molecule is CC.CC.C[Si](C)(C)C. The molecule has 0 aromatic carbocycles. The van der Waals surface area contributed by atoms with Gasteiger partial charge in [0, 0.05) is 8.07 Å². The third-order valence-electron chi connectivity index (χ3n) is 0. The van der Waals surface area contributed by atoms with Crippen LogP contribution in [0.3, 0.4) is 0 Å². The molecule has 0 spiro atoms. The third kappa shape index (κ3) is 6750. The van der Waals surface area contributed by atoms with Crippen LogP contribution in [-0.2, 0) is 0 Å². The van der Waals surface area contributed by atoms with E-state index >= 15 is 0 Å². The molecular formula is C8H24Si. The Kier molecular flexibility index (Phi) is 19.8. The summed E-state index contributed by atoms with van der Waals surface area (Å²) in [6.45, 7) is 17.3. The van der Waals surface area contributed by atoms with Gasteiger partial charge in [0.25, 0.3) is 0 Å². The van der Waals surface area contributed by atoms with Gasteiger partial charge in [0.05, 0.1) is 0 Å². The van der Waals surface area contributed by atoms with E-state index in [4.69, 9.17) is 0 Å². The van der Waals surface area contributed by atoms with Crippen molar-refractivity contribution < 1.29 is 0 Å². The normalized spacial score (nSPS) is 8.00. The summed E-state index contributed by atoms with van der Waals surface area (Å²) in [4.78, 5) is 0. The van der Waals surface area contributed by atoms with Gasteiger partial charge in [-0.05, 0) is 0 Å². The highest BCUT2D eigenvalue weighted by atomic mass is 28.3. The van der Waals surface area contributed by atoms with E-state index in [0.29, 0.717) is 0 Å². The van der Waals surface area contributed by atoms with Crippen LogP contribution < -0.4 is 0 Å². The molecule has 0 bridgehead atoms. The second-order valence-electron chi connectivity index (χ2n) is 3.00. The summed E-state index contributed by atoms with van der Waals surface area (Å²) in [5.41, 5.74) is 0.